The lowest BCUT2D eigenvalue weighted by Crippen LogP contribution is -2.49. The Labute approximate surface area is 192 Å². The molecule has 0 radical (unpaired) electrons. The summed E-state index contributed by atoms with van der Waals surface area (Å²) in [6.45, 7) is 5.09. The van der Waals surface area contributed by atoms with Gasteiger partial charge >= 0.3 is 0 Å². The SMILES string of the molecule is COc1ccc(Cc2c(C)nc(C3CC3)nc2N2CCN(C(=O)c3cccs3)CC2)cc1. The zero-order chi connectivity index (χ0) is 22.1. The maximum absolute atomic E-state index is 12.8. The third kappa shape index (κ3) is 4.35. The van der Waals surface area contributed by atoms with E-state index in [1.54, 1.807) is 7.11 Å². The average molecular weight is 449 g/mol. The summed E-state index contributed by atoms with van der Waals surface area (Å²) in [6.07, 6.45) is 3.14. The van der Waals surface area contributed by atoms with Gasteiger partial charge in [-0.05, 0) is 48.9 Å². The molecular weight excluding hydrogens is 420 g/mol. The maximum Gasteiger partial charge on any atom is 0.264 e. The van der Waals surface area contributed by atoms with Crippen LogP contribution in [0.25, 0.3) is 0 Å². The van der Waals surface area contributed by atoms with Crippen LogP contribution in [0.1, 0.15) is 51.1 Å². The van der Waals surface area contributed by atoms with Crippen molar-refractivity contribution >= 4 is 23.1 Å². The predicted molar refractivity (Wildman–Crippen MR) is 127 cm³/mol. The minimum atomic E-state index is 0.135. The van der Waals surface area contributed by atoms with Gasteiger partial charge in [-0.3, -0.25) is 4.79 Å². The summed E-state index contributed by atoms with van der Waals surface area (Å²) in [5.74, 6) is 3.52. The van der Waals surface area contributed by atoms with E-state index in [9.17, 15) is 4.79 Å². The molecule has 1 aliphatic heterocycles. The normalized spacial score (nSPS) is 16.3. The van der Waals surface area contributed by atoms with Gasteiger partial charge in [-0.2, -0.15) is 0 Å². The molecule has 0 unspecified atom stereocenters. The van der Waals surface area contributed by atoms with Crippen LogP contribution < -0.4 is 9.64 Å². The number of rotatable bonds is 6. The van der Waals surface area contributed by atoms with Crippen LogP contribution in [0.4, 0.5) is 5.82 Å². The Hall–Kier alpha value is -2.93. The lowest BCUT2D eigenvalue weighted by molar-refractivity contribution is 0.0751. The van der Waals surface area contributed by atoms with Crippen molar-refractivity contribution in [1.29, 1.82) is 0 Å². The number of methoxy groups -OCH3 is 1. The molecule has 6 nitrogen and oxygen atoms in total. The molecule has 5 rings (SSSR count). The summed E-state index contributed by atoms with van der Waals surface area (Å²) < 4.78 is 5.30. The van der Waals surface area contributed by atoms with Gasteiger partial charge < -0.3 is 14.5 Å². The summed E-state index contributed by atoms with van der Waals surface area (Å²) in [6, 6.07) is 12.0. The number of amides is 1. The number of thiophene rings is 1. The highest BCUT2D eigenvalue weighted by atomic mass is 32.1. The van der Waals surface area contributed by atoms with E-state index < -0.39 is 0 Å². The summed E-state index contributed by atoms with van der Waals surface area (Å²) >= 11 is 1.51. The van der Waals surface area contributed by atoms with Crippen molar-refractivity contribution in [1.82, 2.24) is 14.9 Å². The van der Waals surface area contributed by atoms with Crippen molar-refractivity contribution in [3.05, 3.63) is 69.3 Å². The largest absolute Gasteiger partial charge is 0.497 e. The van der Waals surface area contributed by atoms with E-state index in [-0.39, 0.29) is 5.91 Å². The van der Waals surface area contributed by atoms with Crippen molar-refractivity contribution in [2.45, 2.75) is 32.1 Å². The van der Waals surface area contributed by atoms with Crippen LogP contribution in [-0.2, 0) is 6.42 Å². The van der Waals surface area contributed by atoms with Crippen LogP contribution in [0.15, 0.2) is 41.8 Å². The molecule has 1 aliphatic carbocycles. The van der Waals surface area contributed by atoms with E-state index in [1.165, 1.54) is 35.3 Å². The Kier molecular flexibility index (Phi) is 5.83. The predicted octanol–water partition coefficient (Wildman–Crippen LogP) is 4.29. The first-order valence-corrected chi connectivity index (χ1v) is 12.1. The van der Waals surface area contributed by atoms with Gasteiger partial charge in [0, 0.05) is 49.8 Å². The second kappa shape index (κ2) is 8.90. The third-order valence-electron chi connectivity index (χ3n) is 6.29. The Balaban J connectivity index is 1.38. The Morgan fingerprint density at radius 1 is 1.09 bits per heavy atom. The van der Waals surface area contributed by atoms with Gasteiger partial charge in [0.05, 0.1) is 12.0 Å². The van der Waals surface area contributed by atoms with Crippen molar-refractivity contribution < 1.29 is 9.53 Å². The molecule has 0 bridgehead atoms. The second-order valence-electron chi connectivity index (χ2n) is 8.53. The van der Waals surface area contributed by atoms with Crippen LogP contribution in [-0.4, -0.2) is 54.1 Å². The Morgan fingerprint density at radius 3 is 2.47 bits per heavy atom. The highest BCUT2D eigenvalue weighted by Crippen LogP contribution is 2.39. The zero-order valence-corrected chi connectivity index (χ0v) is 19.4. The molecule has 2 aromatic heterocycles. The molecule has 7 heteroatoms. The van der Waals surface area contributed by atoms with E-state index in [1.807, 2.05) is 34.5 Å². The lowest BCUT2D eigenvalue weighted by Gasteiger charge is -2.36. The highest BCUT2D eigenvalue weighted by molar-refractivity contribution is 7.12. The molecule has 1 aromatic carbocycles. The van der Waals surface area contributed by atoms with Gasteiger partial charge in [-0.15, -0.1) is 11.3 Å². The number of anilines is 1. The van der Waals surface area contributed by atoms with Crippen molar-refractivity contribution in [3.8, 4) is 5.75 Å². The summed E-state index contributed by atoms with van der Waals surface area (Å²) in [4.78, 5) is 27.8. The number of hydrogen-bond acceptors (Lipinski definition) is 6. The molecule has 0 N–H and O–H groups in total. The van der Waals surface area contributed by atoms with Gasteiger partial charge in [0.25, 0.3) is 5.91 Å². The molecule has 1 amide bonds. The molecule has 0 spiro atoms. The fourth-order valence-electron chi connectivity index (χ4n) is 4.22. The third-order valence-corrected chi connectivity index (χ3v) is 7.15. The smallest absolute Gasteiger partial charge is 0.264 e. The van der Waals surface area contributed by atoms with E-state index in [2.05, 4.69) is 24.0 Å². The van der Waals surface area contributed by atoms with Gasteiger partial charge in [0.2, 0.25) is 0 Å². The van der Waals surface area contributed by atoms with Gasteiger partial charge in [0.15, 0.2) is 0 Å². The van der Waals surface area contributed by atoms with Crippen LogP contribution in [0.5, 0.6) is 5.75 Å². The summed E-state index contributed by atoms with van der Waals surface area (Å²) in [5.41, 5.74) is 3.45. The number of carbonyl (C=O) groups excluding carboxylic acids is 1. The first-order chi connectivity index (χ1) is 15.6. The first-order valence-electron chi connectivity index (χ1n) is 11.2. The quantitative estimate of drug-likeness (QED) is 0.563. The van der Waals surface area contributed by atoms with E-state index in [0.29, 0.717) is 19.0 Å². The van der Waals surface area contributed by atoms with Gasteiger partial charge in [-0.1, -0.05) is 18.2 Å². The second-order valence-corrected chi connectivity index (χ2v) is 9.47. The molecule has 2 aliphatic rings. The fourth-order valence-corrected chi connectivity index (χ4v) is 4.91. The van der Waals surface area contributed by atoms with Gasteiger partial charge in [0.1, 0.15) is 17.4 Å². The standard InChI is InChI=1S/C25H28N4O2S/c1-17-21(16-18-5-9-20(31-2)10-6-18)24(27-23(26-17)19-7-8-19)28-11-13-29(14-12-28)25(30)22-4-3-15-32-22/h3-6,9-10,15,19H,7-8,11-14,16H2,1-2H3. The van der Waals surface area contributed by atoms with Crippen LogP contribution in [0.2, 0.25) is 0 Å². The zero-order valence-electron chi connectivity index (χ0n) is 18.6. The number of aryl methyl sites for hydroxylation is 1. The monoisotopic (exact) mass is 448 g/mol. The van der Waals surface area contributed by atoms with E-state index in [4.69, 9.17) is 14.7 Å². The van der Waals surface area contributed by atoms with E-state index >= 15 is 0 Å². The molecule has 3 aromatic rings. The number of ether oxygens (including phenoxy) is 1. The Morgan fingerprint density at radius 2 is 1.84 bits per heavy atom. The number of carbonyl (C=O) groups is 1. The summed E-state index contributed by atoms with van der Waals surface area (Å²) in [5, 5.41) is 1.96. The van der Waals surface area contributed by atoms with Crippen LogP contribution in [0, 0.1) is 6.92 Å². The number of aromatic nitrogens is 2. The number of nitrogens with zero attached hydrogens (tertiary/aromatic N) is 4. The van der Waals surface area contributed by atoms with Crippen LogP contribution >= 0.6 is 11.3 Å². The van der Waals surface area contributed by atoms with Crippen LogP contribution in [0.3, 0.4) is 0 Å². The minimum Gasteiger partial charge on any atom is -0.497 e. The molecule has 0 atom stereocenters. The first kappa shape index (κ1) is 20.9. The van der Waals surface area contributed by atoms with E-state index in [0.717, 1.165) is 47.5 Å². The molecule has 1 saturated carbocycles. The number of benzene rings is 1. The molecular formula is C25H28N4O2S. The molecule has 166 valence electrons. The summed E-state index contributed by atoms with van der Waals surface area (Å²) in [7, 11) is 1.69. The minimum absolute atomic E-state index is 0.135. The molecule has 32 heavy (non-hydrogen) atoms. The molecule has 2 fully saturated rings. The van der Waals surface area contributed by atoms with Crippen molar-refractivity contribution in [2.24, 2.45) is 0 Å². The number of hydrogen-bond donors (Lipinski definition) is 0. The maximum atomic E-state index is 12.8. The van der Waals surface area contributed by atoms with Gasteiger partial charge in [-0.25, -0.2) is 9.97 Å². The molecule has 3 heterocycles. The van der Waals surface area contributed by atoms with Crippen molar-refractivity contribution in [3.63, 3.8) is 0 Å². The average Bonchev–Trinajstić information content (AvgIpc) is 3.54. The fraction of sp³-hybridized carbons (Fsp3) is 0.400. The Bertz CT molecular complexity index is 1090. The highest BCUT2D eigenvalue weighted by Gasteiger charge is 2.30. The number of piperazine rings is 1. The topological polar surface area (TPSA) is 58.6 Å². The lowest BCUT2D eigenvalue weighted by atomic mass is 10.0. The van der Waals surface area contributed by atoms with Crippen molar-refractivity contribution in [2.75, 3.05) is 38.2 Å². The molecule has 1 saturated heterocycles.